The first kappa shape index (κ1) is 22.5. The molecule has 3 N–H and O–H groups in total. The first-order chi connectivity index (χ1) is 17.0. The molecule has 1 aliphatic heterocycles. The lowest BCUT2D eigenvalue weighted by atomic mass is 10.1. The van der Waals surface area contributed by atoms with Crippen LogP contribution in [0.5, 0.6) is 0 Å². The number of nitrogens with two attached hydrogens (primary N) is 1. The standard InChI is InChI=1S/C24H21F2N7O2.2H2/c25-16-11-15(12-17(26)19(16)24(34)33-9-4-7-28-8-10-33)18-13-29-21(27)20(30-18)23-32-31-22(35-23)14-5-2-1-3-6-14;;/h1-3,5-6,11-13,28H,4,7-10H2,(H2,27,29);2*1H. The number of aromatic nitrogens is 4. The van der Waals surface area contributed by atoms with Gasteiger partial charge in [-0.15, -0.1) is 10.2 Å². The molecule has 4 aromatic rings. The molecule has 5 rings (SSSR count). The van der Waals surface area contributed by atoms with E-state index in [1.807, 2.05) is 18.2 Å². The molecule has 3 heterocycles. The minimum Gasteiger partial charge on any atom is -0.414 e. The Bertz CT molecular complexity index is 1360. The molecule has 1 amide bonds. The van der Waals surface area contributed by atoms with Crippen molar-refractivity contribution in [2.75, 3.05) is 31.9 Å². The third-order valence-corrected chi connectivity index (χ3v) is 5.63. The maximum Gasteiger partial charge on any atom is 0.270 e. The van der Waals surface area contributed by atoms with Gasteiger partial charge in [-0.3, -0.25) is 4.79 Å². The third kappa shape index (κ3) is 4.58. The van der Waals surface area contributed by atoms with E-state index in [4.69, 9.17) is 10.2 Å². The van der Waals surface area contributed by atoms with Gasteiger partial charge in [-0.25, -0.2) is 18.7 Å². The normalized spacial score (nSPS) is 14.1. The molecular formula is C24H25F2N7O2. The number of nitrogens with one attached hydrogen (secondary N) is 1. The van der Waals surface area contributed by atoms with E-state index in [2.05, 4.69) is 25.5 Å². The van der Waals surface area contributed by atoms with Gasteiger partial charge >= 0.3 is 0 Å². The van der Waals surface area contributed by atoms with Crippen molar-refractivity contribution < 1.29 is 20.8 Å². The number of carbonyl (C=O) groups is 1. The van der Waals surface area contributed by atoms with Crippen LogP contribution < -0.4 is 11.1 Å². The zero-order valence-electron chi connectivity index (χ0n) is 18.5. The predicted molar refractivity (Wildman–Crippen MR) is 128 cm³/mol. The third-order valence-electron chi connectivity index (χ3n) is 5.63. The molecule has 0 bridgehead atoms. The minimum atomic E-state index is -0.980. The van der Waals surface area contributed by atoms with Gasteiger partial charge in [0.15, 0.2) is 11.5 Å². The SMILES string of the molecule is Nc1ncc(-c2cc(F)c(C(=O)N3CCCNCC3)c(F)c2)nc1-c1nnc(-c2ccccc2)o1.[HH].[HH]. The molecule has 2 aromatic carbocycles. The van der Waals surface area contributed by atoms with E-state index in [1.54, 1.807) is 12.1 Å². The predicted octanol–water partition coefficient (Wildman–Crippen LogP) is 3.65. The lowest BCUT2D eigenvalue weighted by Crippen LogP contribution is -2.35. The van der Waals surface area contributed by atoms with Gasteiger partial charge in [0.05, 0.1) is 11.9 Å². The lowest BCUT2D eigenvalue weighted by Gasteiger charge is -2.20. The Hall–Kier alpha value is -4.25. The molecule has 11 heteroatoms. The van der Waals surface area contributed by atoms with E-state index in [0.717, 1.165) is 18.7 Å². The molecule has 9 nitrogen and oxygen atoms in total. The quantitative estimate of drug-likeness (QED) is 0.453. The van der Waals surface area contributed by atoms with Crippen LogP contribution in [0.1, 0.15) is 19.6 Å². The van der Waals surface area contributed by atoms with Gasteiger partial charge in [0.2, 0.25) is 5.89 Å². The first-order valence-corrected chi connectivity index (χ1v) is 11.0. The van der Waals surface area contributed by atoms with E-state index in [9.17, 15) is 13.6 Å². The summed E-state index contributed by atoms with van der Waals surface area (Å²) in [5.41, 5.74) is 6.37. The van der Waals surface area contributed by atoms with Crippen molar-refractivity contribution in [3.63, 3.8) is 0 Å². The van der Waals surface area contributed by atoms with E-state index >= 15 is 0 Å². The summed E-state index contributed by atoms with van der Waals surface area (Å²) in [6, 6.07) is 11.2. The number of rotatable bonds is 4. The highest BCUT2D eigenvalue weighted by molar-refractivity contribution is 5.95. The highest BCUT2D eigenvalue weighted by Crippen LogP contribution is 2.29. The molecular weight excluding hydrogens is 456 g/mol. The number of nitrogens with zero attached hydrogens (tertiary/aromatic N) is 5. The smallest absolute Gasteiger partial charge is 0.270 e. The van der Waals surface area contributed by atoms with Crippen LogP contribution in [-0.2, 0) is 0 Å². The number of nitrogen functional groups attached to an aromatic ring is 1. The van der Waals surface area contributed by atoms with Crippen molar-refractivity contribution in [2.45, 2.75) is 6.42 Å². The molecule has 1 fully saturated rings. The number of carbonyl (C=O) groups excluding carboxylic acids is 1. The highest BCUT2D eigenvalue weighted by atomic mass is 19.1. The number of hydrogen-bond acceptors (Lipinski definition) is 8. The van der Waals surface area contributed by atoms with Crippen molar-refractivity contribution >= 4 is 11.7 Å². The average molecular weight is 482 g/mol. The molecule has 1 saturated heterocycles. The van der Waals surface area contributed by atoms with E-state index in [-0.39, 0.29) is 37.4 Å². The Morgan fingerprint density at radius 2 is 1.77 bits per heavy atom. The molecule has 2 aromatic heterocycles. The Kier molecular flexibility index (Phi) is 6.15. The molecule has 0 saturated carbocycles. The second-order valence-electron chi connectivity index (χ2n) is 7.98. The van der Waals surface area contributed by atoms with Crippen molar-refractivity contribution in [3.05, 3.63) is 65.9 Å². The summed E-state index contributed by atoms with van der Waals surface area (Å²) in [6.07, 6.45) is 1.99. The second-order valence-corrected chi connectivity index (χ2v) is 7.98. The molecule has 0 unspecified atom stereocenters. The molecule has 0 aliphatic carbocycles. The topological polar surface area (TPSA) is 123 Å². The molecule has 1 aliphatic rings. The fourth-order valence-corrected chi connectivity index (χ4v) is 3.84. The second kappa shape index (κ2) is 9.55. The fourth-order valence-electron chi connectivity index (χ4n) is 3.84. The fraction of sp³-hybridized carbons (Fsp3) is 0.208. The summed E-state index contributed by atoms with van der Waals surface area (Å²) in [7, 11) is 0. The number of anilines is 1. The number of benzene rings is 2. The van der Waals surface area contributed by atoms with E-state index < -0.39 is 23.1 Å². The monoisotopic (exact) mass is 481 g/mol. The minimum absolute atomic E-state index is 0. The highest BCUT2D eigenvalue weighted by Gasteiger charge is 2.25. The largest absolute Gasteiger partial charge is 0.414 e. The van der Waals surface area contributed by atoms with Gasteiger partial charge in [-0.2, -0.15) is 0 Å². The Morgan fingerprint density at radius 3 is 2.54 bits per heavy atom. The van der Waals surface area contributed by atoms with Crippen LogP contribution in [0.25, 0.3) is 34.3 Å². The van der Waals surface area contributed by atoms with Gasteiger partial charge in [0, 0.05) is 33.6 Å². The maximum atomic E-state index is 15.0. The molecule has 0 spiro atoms. The summed E-state index contributed by atoms with van der Waals surface area (Å²) in [6.45, 7) is 2.12. The summed E-state index contributed by atoms with van der Waals surface area (Å²) in [5.74, 6) is -2.36. The van der Waals surface area contributed by atoms with Crippen LogP contribution in [0, 0.1) is 11.6 Å². The average Bonchev–Trinajstić information content (AvgIpc) is 3.19. The van der Waals surface area contributed by atoms with Crippen LogP contribution >= 0.6 is 0 Å². The van der Waals surface area contributed by atoms with Crippen molar-refractivity contribution in [3.8, 4) is 34.3 Å². The van der Waals surface area contributed by atoms with Crippen LogP contribution in [0.2, 0.25) is 0 Å². The van der Waals surface area contributed by atoms with Gasteiger partial charge in [-0.1, -0.05) is 18.2 Å². The number of halogens is 2. The number of hydrogen-bond donors (Lipinski definition) is 2. The summed E-state index contributed by atoms with van der Waals surface area (Å²) < 4.78 is 35.7. The maximum absolute atomic E-state index is 15.0. The van der Waals surface area contributed by atoms with Gasteiger partial charge < -0.3 is 20.4 Å². The van der Waals surface area contributed by atoms with Crippen LogP contribution in [0.15, 0.2) is 53.1 Å². The van der Waals surface area contributed by atoms with E-state index in [0.29, 0.717) is 31.6 Å². The van der Waals surface area contributed by atoms with Gasteiger partial charge in [-0.05, 0) is 37.2 Å². The Morgan fingerprint density at radius 1 is 1.03 bits per heavy atom. The van der Waals surface area contributed by atoms with Crippen molar-refractivity contribution in [1.82, 2.24) is 30.4 Å². The van der Waals surface area contributed by atoms with Crippen LogP contribution in [-0.4, -0.2) is 57.2 Å². The lowest BCUT2D eigenvalue weighted by molar-refractivity contribution is 0.0756. The Balaban J connectivity index is 0.00000190. The zero-order valence-corrected chi connectivity index (χ0v) is 18.5. The Labute approximate surface area is 202 Å². The number of amides is 1. The van der Waals surface area contributed by atoms with Crippen LogP contribution in [0.4, 0.5) is 14.6 Å². The van der Waals surface area contributed by atoms with Gasteiger partial charge in [0.25, 0.3) is 11.8 Å². The molecule has 0 radical (unpaired) electrons. The molecule has 182 valence electrons. The molecule has 35 heavy (non-hydrogen) atoms. The summed E-state index contributed by atoms with van der Waals surface area (Å²) in [5, 5.41) is 11.2. The summed E-state index contributed by atoms with van der Waals surface area (Å²) in [4.78, 5) is 22.7. The van der Waals surface area contributed by atoms with Crippen LogP contribution in [0.3, 0.4) is 0 Å². The molecule has 0 atom stereocenters. The first-order valence-electron chi connectivity index (χ1n) is 11.0. The zero-order chi connectivity index (χ0) is 24.4. The van der Waals surface area contributed by atoms with E-state index in [1.165, 1.54) is 11.1 Å². The van der Waals surface area contributed by atoms with Crippen molar-refractivity contribution in [2.24, 2.45) is 0 Å². The van der Waals surface area contributed by atoms with Gasteiger partial charge in [0.1, 0.15) is 17.2 Å². The summed E-state index contributed by atoms with van der Waals surface area (Å²) >= 11 is 0. The van der Waals surface area contributed by atoms with Crippen molar-refractivity contribution in [1.29, 1.82) is 0 Å².